The van der Waals surface area contributed by atoms with Crippen molar-refractivity contribution in [3.63, 3.8) is 0 Å². The maximum absolute atomic E-state index is 12.8. The summed E-state index contributed by atoms with van der Waals surface area (Å²) in [5, 5.41) is 0.333. The van der Waals surface area contributed by atoms with Gasteiger partial charge in [-0.1, -0.05) is 30.3 Å². The van der Waals surface area contributed by atoms with Crippen LogP contribution in [0.1, 0.15) is 45.5 Å². The first-order valence-electron chi connectivity index (χ1n) is 10.2. The van der Waals surface area contributed by atoms with Crippen molar-refractivity contribution >= 4 is 26.6 Å². The van der Waals surface area contributed by atoms with Gasteiger partial charge in [0.25, 0.3) is 5.91 Å². The van der Waals surface area contributed by atoms with Crippen molar-refractivity contribution in [2.45, 2.75) is 24.0 Å². The van der Waals surface area contributed by atoms with Crippen LogP contribution in [0.3, 0.4) is 0 Å². The minimum atomic E-state index is -3.22. The number of nitrogens with one attached hydrogen (secondary N) is 1. The molecule has 1 amide bonds. The van der Waals surface area contributed by atoms with E-state index in [0.29, 0.717) is 29.7 Å². The number of carbonyl (C=O) groups is 1. The summed E-state index contributed by atoms with van der Waals surface area (Å²) in [7, 11) is -3.22. The van der Waals surface area contributed by atoms with E-state index in [1.807, 2.05) is 48.7 Å². The SMILES string of the molecule is NC(=O)c1cc(-c2ccco2)cc2c([C@@H]3CCS(=O)(=O)[C@H](c4ccccc4)C3)c[nH]c12. The lowest BCUT2D eigenvalue weighted by Gasteiger charge is -2.29. The largest absolute Gasteiger partial charge is 0.464 e. The Balaban J connectivity index is 1.61. The molecule has 1 fully saturated rings. The van der Waals surface area contributed by atoms with Crippen LogP contribution >= 0.6 is 0 Å². The van der Waals surface area contributed by atoms with Crippen molar-refractivity contribution in [2.24, 2.45) is 5.73 Å². The second-order valence-corrected chi connectivity index (χ2v) is 10.3. The predicted molar refractivity (Wildman–Crippen MR) is 119 cm³/mol. The maximum Gasteiger partial charge on any atom is 0.250 e. The molecule has 0 bridgehead atoms. The molecule has 1 saturated heterocycles. The Labute approximate surface area is 180 Å². The van der Waals surface area contributed by atoms with Crippen LogP contribution < -0.4 is 5.73 Å². The van der Waals surface area contributed by atoms with Gasteiger partial charge in [-0.3, -0.25) is 4.79 Å². The molecule has 6 nitrogen and oxygen atoms in total. The molecule has 31 heavy (non-hydrogen) atoms. The van der Waals surface area contributed by atoms with Gasteiger partial charge in [0.2, 0.25) is 0 Å². The number of aromatic nitrogens is 1. The predicted octanol–water partition coefficient (Wildman–Crippen LogP) is 4.56. The van der Waals surface area contributed by atoms with Gasteiger partial charge in [-0.05, 0) is 54.2 Å². The van der Waals surface area contributed by atoms with Gasteiger partial charge in [0.05, 0.1) is 28.3 Å². The van der Waals surface area contributed by atoms with Gasteiger partial charge >= 0.3 is 0 Å². The van der Waals surface area contributed by atoms with Crippen LogP contribution in [0, 0.1) is 0 Å². The fourth-order valence-corrected chi connectivity index (χ4v) is 6.63. The molecule has 1 aliphatic heterocycles. The molecule has 0 spiro atoms. The summed E-state index contributed by atoms with van der Waals surface area (Å²) in [4.78, 5) is 15.3. The van der Waals surface area contributed by atoms with E-state index in [1.54, 1.807) is 18.4 Å². The Morgan fingerprint density at radius 3 is 2.61 bits per heavy atom. The van der Waals surface area contributed by atoms with Crippen LogP contribution in [0.4, 0.5) is 0 Å². The van der Waals surface area contributed by atoms with Gasteiger partial charge in [0.15, 0.2) is 9.84 Å². The molecule has 2 aromatic carbocycles. The lowest BCUT2D eigenvalue weighted by molar-refractivity contribution is 0.100. The molecule has 1 aliphatic rings. The smallest absolute Gasteiger partial charge is 0.250 e. The number of H-pyrrole nitrogens is 1. The number of nitrogens with two attached hydrogens (primary N) is 1. The normalized spacial score (nSPS) is 20.6. The van der Waals surface area contributed by atoms with Crippen LogP contribution in [0.2, 0.25) is 0 Å². The van der Waals surface area contributed by atoms with Crippen molar-refractivity contribution in [1.82, 2.24) is 4.98 Å². The first-order valence-corrected chi connectivity index (χ1v) is 11.9. The molecule has 2 aromatic heterocycles. The maximum atomic E-state index is 12.8. The van der Waals surface area contributed by atoms with Gasteiger partial charge < -0.3 is 15.1 Å². The van der Waals surface area contributed by atoms with Crippen LogP contribution in [-0.2, 0) is 9.84 Å². The molecule has 3 N–H and O–H groups in total. The van der Waals surface area contributed by atoms with Crippen molar-refractivity contribution in [3.05, 3.63) is 83.7 Å². The van der Waals surface area contributed by atoms with E-state index in [2.05, 4.69) is 4.98 Å². The summed E-state index contributed by atoms with van der Waals surface area (Å²) in [6, 6.07) is 16.7. The van der Waals surface area contributed by atoms with Crippen molar-refractivity contribution in [3.8, 4) is 11.3 Å². The number of amides is 1. The Kier molecular flexibility index (Phi) is 4.70. The number of fused-ring (bicyclic) bond motifs is 1. The monoisotopic (exact) mass is 434 g/mol. The summed E-state index contributed by atoms with van der Waals surface area (Å²) in [6.07, 6.45) is 4.50. The number of rotatable bonds is 4. The number of primary amides is 1. The number of hydrogen-bond donors (Lipinski definition) is 2. The first-order chi connectivity index (χ1) is 14.9. The molecular formula is C24H22N2O4S. The van der Waals surface area contributed by atoms with Gasteiger partial charge in [-0.25, -0.2) is 8.42 Å². The highest BCUT2D eigenvalue weighted by Crippen LogP contribution is 2.44. The average Bonchev–Trinajstić information content (AvgIpc) is 3.44. The molecular weight excluding hydrogens is 412 g/mol. The minimum Gasteiger partial charge on any atom is -0.464 e. The fraction of sp³-hybridized carbons (Fsp3) is 0.208. The fourth-order valence-electron chi connectivity index (χ4n) is 4.64. The van der Waals surface area contributed by atoms with Gasteiger partial charge in [-0.15, -0.1) is 0 Å². The Bertz CT molecular complexity index is 1360. The summed E-state index contributed by atoms with van der Waals surface area (Å²) in [5.74, 6) is 0.282. The molecule has 0 unspecified atom stereocenters. The summed E-state index contributed by atoms with van der Waals surface area (Å²) in [5.41, 5.74) is 9.29. The van der Waals surface area contributed by atoms with E-state index in [9.17, 15) is 13.2 Å². The van der Waals surface area contributed by atoms with E-state index in [1.165, 1.54) is 0 Å². The zero-order chi connectivity index (χ0) is 21.6. The molecule has 158 valence electrons. The summed E-state index contributed by atoms with van der Waals surface area (Å²) in [6.45, 7) is 0. The van der Waals surface area contributed by atoms with Crippen LogP contribution in [0.25, 0.3) is 22.2 Å². The highest BCUT2D eigenvalue weighted by Gasteiger charge is 2.36. The lowest BCUT2D eigenvalue weighted by Crippen LogP contribution is -2.26. The molecule has 5 rings (SSSR count). The Hall–Kier alpha value is -3.32. The minimum absolute atomic E-state index is 0.0371. The quantitative estimate of drug-likeness (QED) is 0.491. The van der Waals surface area contributed by atoms with Gasteiger partial charge in [-0.2, -0.15) is 0 Å². The molecule has 0 radical (unpaired) electrons. The topological polar surface area (TPSA) is 106 Å². The average molecular weight is 435 g/mol. The molecule has 7 heteroatoms. The van der Waals surface area contributed by atoms with Gasteiger partial charge in [0, 0.05) is 17.1 Å². The summed E-state index contributed by atoms with van der Waals surface area (Å²) < 4.78 is 31.2. The van der Waals surface area contributed by atoms with Crippen molar-refractivity contribution in [1.29, 1.82) is 0 Å². The zero-order valence-electron chi connectivity index (χ0n) is 16.7. The highest BCUT2D eigenvalue weighted by molar-refractivity contribution is 7.91. The molecule has 4 aromatic rings. The lowest BCUT2D eigenvalue weighted by atomic mass is 9.88. The third-order valence-electron chi connectivity index (χ3n) is 6.19. The number of sulfone groups is 1. The highest BCUT2D eigenvalue weighted by atomic mass is 32.2. The Morgan fingerprint density at radius 2 is 1.90 bits per heavy atom. The number of hydrogen-bond acceptors (Lipinski definition) is 4. The number of benzene rings is 2. The van der Waals surface area contributed by atoms with Gasteiger partial charge in [0.1, 0.15) is 5.76 Å². The zero-order valence-corrected chi connectivity index (χ0v) is 17.6. The molecule has 0 saturated carbocycles. The molecule has 2 atom stereocenters. The standard InChI is InChI=1S/C24H22N2O4S/c25-24(27)19-12-17(21-7-4-9-30-21)11-18-20(14-26-23(18)19)16-8-10-31(28,29)22(13-16)15-5-2-1-3-6-15/h1-7,9,11-12,14,16,22,26H,8,10,13H2,(H2,25,27)/t16-,22+/m1/s1. The Morgan fingerprint density at radius 1 is 1.10 bits per heavy atom. The van der Waals surface area contributed by atoms with E-state index in [-0.39, 0.29) is 11.7 Å². The summed E-state index contributed by atoms with van der Waals surface area (Å²) >= 11 is 0. The van der Waals surface area contributed by atoms with Crippen molar-refractivity contribution < 1.29 is 17.6 Å². The second-order valence-electron chi connectivity index (χ2n) is 8.02. The second kappa shape index (κ2) is 7.42. The number of aromatic amines is 1. The van der Waals surface area contributed by atoms with Crippen LogP contribution in [-0.4, -0.2) is 25.1 Å². The van der Waals surface area contributed by atoms with E-state index < -0.39 is 21.0 Å². The van der Waals surface area contributed by atoms with E-state index >= 15 is 0 Å². The van der Waals surface area contributed by atoms with E-state index in [0.717, 1.165) is 22.1 Å². The first kappa shape index (κ1) is 19.6. The number of carbonyl (C=O) groups excluding carboxylic acids is 1. The number of furan rings is 1. The van der Waals surface area contributed by atoms with Crippen LogP contribution in [0.5, 0.6) is 0 Å². The van der Waals surface area contributed by atoms with E-state index in [4.69, 9.17) is 10.2 Å². The van der Waals surface area contributed by atoms with Crippen molar-refractivity contribution in [2.75, 3.05) is 5.75 Å². The molecule has 3 heterocycles. The third-order valence-corrected chi connectivity index (χ3v) is 8.32. The van der Waals surface area contributed by atoms with Crippen LogP contribution in [0.15, 0.2) is 71.5 Å². The molecule has 0 aliphatic carbocycles. The third kappa shape index (κ3) is 3.45.